The molecule has 0 amide bonds. The molecule has 0 aliphatic carbocycles. The Morgan fingerprint density at radius 3 is 3.09 bits per heavy atom. The molecule has 0 radical (unpaired) electrons. The van der Waals surface area contributed by atoms with Crippen LogP contribution in [0.5, 0.6) is 0 Å². The molecular formula is C6H8BrN3O. The normalized spacial score (nSPS) is 10.0. The number of halogens is 1. The number of nitrogens with zero attached hydrogens (tertiary/aromatic N) is 2. The summed E-state index contributed by atoms with van der Waals surface area (Å²) in [5, 5.41) is 0. The Hall–Kier alpha value is -0.680. The van der Waals surface area contributed by atoms with Crippen LogP contribution in [0.15, 0.2) is 21.8 Å². The second-order valence-electron chi connectivity index (χ2n) is 2.03. The molecule has 1 aromatic rings. The number of aromatic nitrogens is 2. The Labute approximate surface area is 72.2 Å². The van der Waals surface area contributed by atoms with Gasteiger partial charge in [0.2, 0.25) is 0 Å². The van der Waals surface area contributed by atoms with Crippen LogP contribution in [-0.2, 0) is 6.54 Å². The molecule has 0 aromatic carbocycles. The van der Waals surface area contributed by atoms with Crippen LogP contribution < -0.4 is 11.3 Å². The van der Waals surface area contributed by atoms with Crippen LogP contribution in [0.4, 0.5) is 0 Å². The van der Waals surface area contributed by atoms with Crippen LogP contribution in [0.2, 0.25) is 0 Å². The van der Waals surface area contributed by atoms with E-state index < -0.39 is 0 Å². The molecule has 4 nitrogen and oxygen atoms in total. The first-order chi connectivity index (χ1) is 5.25. The molecule has 1 aromatic heterocycles. The minimum absolute atomic E-state index is 0.0922. The van der Waals surface area contributed by atoms with Crippen molar-refractivity contribution in [2.24, 2.45) is 5.73 Å². The van der Waals surface area contributed by atoms with Gasteiger partial charge >= 0.3 is 0 Å². The molecule has 5 heteroatoms. The summed E-state index contributed by atoms with van der Waals surface area (Å²) in [6, 6.07) is 0. The van der Waals surface area contributed by atoms with Gasteiger partial charge in [-0.05, 0) is 15.9 Å². The molecule has 11 heavy (non-hydrogen) atoms. The number of hydrogen-bond donors (Lipinski definition) is 1. The molecule has 0 bridgehead atoms. The predicted molar refractivity (Wildman–Crippen MR) is 45.3 cm³/mol. The Balaban J connectivity index is 3.07. The van der Waals surface area contributed by atoms with E-state index in [2.05, 4.69) is 20.9 Å². The highest BCUT2D eigenvalue weighted by Gasteiger charge is 1.97. The highest BCUT2D eigenvalue weighted by molar-refractivity contribution is 9.10. The predicted octanol–water partition coefficient (Wildman–Crippen LogP) is -0.0355. The lowest BCUT2D eigenvalue weighted by atomic mass is 10.6. The van der Waals surface area contributed by atoms with Crippen molar-refractivity contribution >= 4 is 15.9 Å². The minimum Gasteiger partial charge on any atom is -0.329 e. The van der Waals surface area contributed by atoms with Crippen molar-refractivity contribution in [3.8, 4) is 0 Å². The maximum atomic E-state index is 11.2. The van der Waals surface area contributed by atoms with Crippen LogP contribution in [0, 0.1) is 0 Å². The highest BCUT2D eigenvalue weighted by Crippen LogP contribution is 1.97. The van der Waals surface area contributed by atoms with E-state index >= 15 is 0 Å². The van der Waals surface area contributed by atoms with Gasteiger partial charge < -0.3 is 5.73 Å². The molecule has 60 valence electrons. The smallest absolute Gasteiger partial charge is 0.267 e. The minimum atomic E-state index is -0.0922. The van der Waals surface area contributed by atoms with Gasteiger partial charge in [-0.25, -0.2) is 4.98 Å². The average molecular weight is 218 g/mol. The summed E-state index contributed by atoms with van der Waals surface area (Å²) in [7, 11) is 0. The standard InChI is InChI=1S/C6H8BrN3O/c7-5-3-9-4-10(2-1-8)6(5)11/h3-4H,1-2,8H2. The summed E-state index contributed by atoms with van der Waals surface area (Å²) in [4.78, 5) is 15.0. The third-order valence-corrected chi connectivity index (χ3v) is 1.77. The zero-order valence-electron chi connectivity index (χ0n) is 5.83. The molecular weight excluding hydrogens is 210 g/mol. The van der Waals surface area contributed by atoms with Crippen LogP contribution in [0.1, 0.15) is 0 Å². The third kappa shape index (κ3) is 1.87. The number of nitrogens with two attached hydrogens (primary N) is 1. The van der Waals surface area contributed by atoms with Crippen molar-refractivity contribution in [3.05, 3.63) is 27.4 Å². The summed E-state index contributed by atoms with van der Waals surface area (Å²) in [6.07, 6.45) is 2.94. The van der Waals surface area contributed by atoms with Gasteiger partial charge in [0, 0.05) is 19.3 Å². The fourth-order valence-electron chi connectivity index (χ4n) is 0.722. The van der Waals surface area contributed by atoms with E-state index in [9.17, 15) is 4.79 Å². The first kappa shape index (κ1) is 8.42. The van der Waals surface area contributed by atoms with Gasteiger partial charge in [0.15, 0.2) is 0 Å². The second-order valence-corrected chi connectivity index (χ2v) is 2.88. The summed E-state index contributed by atoms with van der Waals surface area (Å²) in [5.41, 5.74) is 5.18. The Kier molecular flexibility index (Phi) is 2.78. The van der Waals surface area contributed by atoms with E-state index in [1.54, 1.807) is 0 Å². The molecule has 1 rings (SSSR count). The molecule has 0 aliphatic rings. The Bertz CT molecular complexity index is 296. The highest BCUT2D eigenvalue weighted by atomic mass is 79.9. The fraction of sp³-hybridized carbons (Fsp3) is 0.333. The first-order valence-electron chi connectivity index (χ1n) is 3.15. The summed E-state index contributed by atoms with van der Waals surface area (Å²) < 4.78 is 1.93. The molecule has 0 saturated heterocycles. The van der Waals surface area contributed by atoms with E-state index in [4.69, 9.17) is 5.73 Å². The van der Waals surface area contributed by atoms with Crippen LogP contribution in [0.3, 0.4) is 0 Å². The zero-order valence-corrected chi connectivity index (χ0v) is 7.41. The average Bonchev–Trinajstić information content (AvgIpc) is 1.99. The molecule has 0 unspecified atom stereocenters. The van der Waals surface area contributed by atoms with Gasteiger partial charge in [-0.2, -0.15) is 0 Å². The largest absolute Gasteiger partial charge is 0.329 e. The zero-order chi connectivity index (χ0) is 8.27. The number of rotatable bonds is 2. The summed E-state index contributed by atoms with van der Waals surface area (Å²) >= 11 is 3.08. The SMILES string of the molecule is NCCn1cncc(Br)c1=O. The first-order valence-corrected chi connectivity index (χ1v) is 3.95. The van der Waals surface area contributed by atoms with Gasteiger partial charge in [0.05, 0.1) is 6.33 Å². The van der Waals surface area contributed by atoms with Crippen molar-refractivity contribution in [2.45, 2.75) is 6.54 Å². The Morgan fingerprint density at radius 1 is 1.73 bits per heavy atom. The number of hydrogen-bond acceptors (Lipinski definition) is 3. The van der Waals surface area contributed by atoms with Gasteiger partial charge in [-0.15, -0.1) is 0 Å². The van der Waals surface area contributed by atoms with E-state index in [0.717, 1.165) is 0 Å². The molecule has 0 saturated carbocycles. The molecule has 0 atom stereocenters. The van der Waals surface area contributed by atoms with Gasteiger partial charge in [-0.3, -0.25) is 9.36 Å². The molecule has 0 aliphatic heterocycles. The molecule has 0 fully saturated rings. The quantitative estimate of drug-likeness (QED) is 0.757. The lowest BCUT2D eigenvalue weighted by Gasteiger charge is -2.00. The van der Waals surface area contributed by atoms with E-state index in [1.165, 1.54) is 17.1 Å². The topological polar surface area (TPSA) is 60.9 Å². The monoisotopic (exact) mass is 217 g/mol. The van der Waals surface area contributed by atoms with Gasteiger partial charge in [-0.1, -0.05) is 0 Å². The summed E-state index contributed by atoms with van der Waals surface area (Å²) in [6.45, 7) is 0.948. The third-order valence-electron chi connectivity index (χ3n) is 1.23. The van der Waals surface area contributed by atoms with Crippen molar-refractivity contribution in [1.29, 1.82) is 0 Å². The lowest BCUT2D eigenvalue weighted by molar-refractivity contribution is 0.662. The Morgan fingerprint density at radius 2 is 2.45 bits per heavy atom. The van der Waals surface area contributed by atoms with Crippen molar-refractivity contribution in [1.82, 2.24) is 9.55 Å². The van der Waals surface area contributed by atoms with E-state index in [-0.39, 0.29) is 5.56 Å². The molecule has 1 heterocycles. The molecule has 2 N–H and O–H groups in total. The van der Waals surface area contributed by atoms with Crippen molar-refractivity contribution in [3.63, 3.8) is 0 Å². The van der Waals surface area contributed by atoms with E-state index in [0.29, 0.717) is 17.6 Å². The maximum Gasteiger partial charge on any atom is 0.267 e. The maximum absolute atomic E-state index is 11.2. The molecule has 0 spiro atoms. The lowest BCUT2D eigenvalue weighted by Crippen LogP contribution is -2.24. The van der Waals surface area contributed by atoms with E-state index in [1.807, 2.05) is 0 Å². The fourth-order valence-corrected chi connectivity index (χ4v) is 1.07. The van der Waals surface area contributed by atoms with Crippen molar-refractivity contribution in [2.75, 3.05) is 6.54 Å². The second kappa shape index (κ2) is 3.64. The van der Waals surface area contributed by atoms with Crippen LogP contribution in [-0.4, -0.2) is 16.1 Å². The van der Waals surface area contributed by atoms with Crippen molar-refractivity contribution < 1.29 is 0 Å². The van der Waals surface area contributed by atoms with Gasteiger partial charge in [0.1, 0.15) is 4.47 Å². The summed E-state index contributed by atoms with van der Waals surface area (Å²) in [5.74, 6) is 0. The van der Waals surface area contributed by atoms with Crippen LogP contribution in [0.25, 0.3) is 0 Å². The van der Waals surface area contributed by atoms with Crippen LogP contribution >= 0.6 is 15.9 Å². The van der Waals surface area contributed by atoms with Gasteiger partial charge in [0.25, 0.3) is 5.56 Å².